The van der Waals surface area contributed by atoms with E-state index in [4.69, 9.17) is 29.9 Å². The van der Waals surface area contributed by atoms with Gasteiger partial charge in [0.15, 0.2) is 34.9 Å². The number of aromatic nitrogens is 10. The predicted octanol–water partition coefficient (Wildman–Crippen LogP) is 14.2. The Labute approximate surface area is 411 Å². The van der Waals surface area contributed by atoms with E-state index in [2.05, 4.69) is 153 Å². The molecule has 6 aromatic heterocycles. The second kappa shape index (κ2) is 16.9. The van der Waals surface area contributed by atoms with Crippen LogP contribution in [0, 0.1) is 0 Å². The Morgan fingerprint density at radius 2 is 0.611 bits per heavy atom. The van der Waals surface area contributed by atoms with Crippen molar-refractivity contribution >= 4 is 54.1 Å². The van der Waals surface area contributed by atoms with E-state index in [-0.39, 0.29) is 0 Å². The smallest absolute Gasteiger partial charge is 0.164 e. The first-order valence-electron chi connectivity index (χ1n) is 23.6. The molecule has 0 unspecified atom stereocenters. The molecule has 0 saturated heterocycles. The van der Waals surface area contributed by atoms with Crippen LogP contribution >= 0.6 is 0 Å². The predicted molar refractivity (Wildman–Crippen MR) is 287 cm³/mol. The molecule has 0 N–H and O–H groups in total. The normalized spacial score (nSPS) is 11.6. The summed E-state index contributed by atoms with van der Waals surface area (Å²) < 4.78 is 0. The Bertz CT molecular complexity index is 4170. The van der Waals surface area contributed by atoms with Crippen LogP contribution in [-0.4, -0.2) is 49.8 Å². The van der Waals surface area contributed by atoms with Crippen molar-refractivity contribution in [3.8, 4) is 90.6 Å². The average molecular weight is 921 g/mol. The van der Waals surface area contributed by atoms with E-state index < -0.39 is 0 Å². The first-order valence-corrected chi connectivity index (χ1v) is 23.6. The monoisotopic (exact) mass is 920 g/mol. The highest BCUT2D eigenvalue weighted by molar-refractivity contribution is 6.27. The Morgan fingerprint density at radius 1 is 0.236 bits per heavy atom. The summed E-state index contributed by atoms with van der Waals surface area (Å²) >= 11 is 0. The molecule has 0 bridgehead atoms. The van der Waals surface area contributed by atoms with Crippen LogP contribution in [0.4, 0.5) is 0 Å². The first kappa shape index (κ1) is 41.0. The molecule has 0 aliphatic heterocycles. The Balaban J connectivity index is 0.953. The number of benzene rings is 8. The molecule has 0 aliphatic carbocycles. The van der Waals surface area contributed by atoms with Crippen LogP contribution in [0.2, 0.25) is 0 Å². The van der Waals surface area contributed by atoms with Gasteiger partial charge in [0.25, 0.3) is 0 Å². The van der Waals surface area contributed by atoms with Crippen LogP contribution < -0.4 is 0 Å². The lowest BCUT2D eigenvalue weighted by Gasteiger charge is -2.17. The second-order valence-electron chi connectivity index (χ2n) is 17.7. The lowest BCUT2D eigenvalue weighted by Crippen LogP contribution is -2.02. The summed E-state index contributed by atoms with van der Waals surface area (Å²) in [6.07, 6.45) is 10.9. The summed E-state index contributed by atoms with van der Waals surface area (Å²) in [7, 11) is 0. The van der Waals surface area contributed by atoms with Gasteiger partial charge in [-0.3, -0.25) is 19.9 Å². The zero-order chi connectivity index (χ0) is 47.5. The molecule has 0 saturated carbocycles. The van der Waals surface area contributed by atoms with Gasteiger partial charge in [0.1, 0.15) is 0 Å². The summed E-state index contributed by atoms with van der Waals surface area (Å²) in [6.45, 7) is 0. The topological polar surface area (TPSA) is 129 Å². The van der Waals surface area contributed by atoms with Gasteiger partial charge in [0.2, 0.25) is 0 Å². The molecular formula is C62H36N10. The Hall–Kier alpha value is -10.1. The van der Waals surface area contributed by atoms with Crippen molar-refractivity contribution in [3.63, 3.8) is 0 Å². The highest BCUT2D eigenvalue weighted by Crippen LogP contribution is 2.43. The van der Waals surface area contributed by atoms with Crippen molar-refractivity contribution in [2.45, 2.75) is 0 Å². The zero-order valence-electron chi connectivity index (χ0n) is 38.3. The molecule has 0 aliphatic rings. The van der Waals surface area contributed by atoms with Gasteiger partial charge in [0, 0.05) is 81.3 Å². The van der Waals surface area contributed by atoms with Gasteiger partial charge in [-0.25, -0.2) is 29.9 Å². The first-order chi connectivity index (χ1) is 35.7. The van der Waals surface area contributed by atoms with Crippen molar-refractivity contribution in [1.29, 1.82) is 0 Å². The van der Waals surface area contributed by atoms with Gasteiger partial charge in [-0.05, 0) is 103 Å². The van der Waals surface area contributed by atoms with E-state index in [0.29, 0.717) is 34.9 Å². The lowest BCUT2D eigenvalue weighted by molar-refractivity contribution is 1.08. The number of nitrogens with zero attached hydrogens (tertiary/aromatic N) is 10. The number of pyridine rings is 4. The molecule has 6 heterocycles. The highest BCUT2D eigenvalue weighted by atomic mass is 15.0. The van der Waals surface area contributed by atoms with Crippen LogP contribution in [0.1, 0.15) is 0 Å². The summed E-state index contributed by atoms with van der Waals surface area (Å²) in [6, 6.07) is 62.1. The standard InChI is InChI=1S/C62H36N10/c1-9-49(45-11-5-33-65-53(45)13-1)59-70-60(50-10-2-14-54-46(50)12-6-34-66-54)72-62(71-59)52-30-26-40-23-27-47-51(29-25-39-24-28-48(52)56(40)55(39)47)61-68-57(41-19-15-37(16-20-41)43-7-3-31-63-35-43)67-58(69-61)42-21-17-38(18-22-42)44-8-4-32-64-36-44/h1-36H. The van der Waals surface area contributed by atoms with Crippen LogP contribution in [0.5, 0.6) is 0 Å². The second-order valence-corrected chi connectivity index (χ2v) is 17.7. The molecule has 334 valence electrons. The molecule has 0 spiro atoms. The van der Waals surface area contributed by atoms with Gasteiger partial charge in [-0.1, -0.05) is 133 Å². The van der Waals surface area contributed by atoms with E-state index in [0.717, 1.165) is 110 Å². The Kier molecular flexibility index (Phi) is 9.59. The van der Waals surface area contributed by atoms with Crippen LogP contribution in [0.25, 0.3) is 145 Å². The molecule has 14 aromatic rings. The van der Waals surface area contributed by atoms with Crippen molar-refractivity contribution < 1.29 is 0 Å². The summed E-state index contributed by atoms with van der Waals surface area (Å²) in [5, 5.41) is 8.35. The summed E-state index contributed by atoms with van der Waals surface area (Å²) in [4.78, 5) is 49.4. The molecule has 0 amide bonds. The molecule has 14 rings (SSSR count). The van der Waals surface area contributed by atoms with Gasteiger partial charge >= 0.3 is 0 Å². The summed E-state index contributed by atoms with van der Waals surface area (Å²) in [5.74, 6) is 3.39. The van der Waals surface area contributed by atoms with Gasteiger partial charge < -0.3 is 0 Å². The van der Waals surface area contributed by atoms with Crippen LogP contribution in [-0.2, 0) is 0 Å². The van der Waals surface area contributed by atoms with Crippen LogP contribution in [0.15, 0.2) is 219 Å². The van der Waals surface area contributed by atoms with E-state index in [1.54, 1.807) is 24.8 Å². The molecule has 10 nitrogen and oxygen atoms in total. The Morgan fingerprint density at radius 3 is 1.04 bits per heavy atom. The average Bonchev–Trinajstić information content (AvgIpc) is 3.46. The van der Waals surface area contributed by atoms with Crippen molar-refractivity contribution in [2.75, 3.05) is 0 Å². The van der Waals surface area contributed by atoms with Crippen molar-refractivity contribution in [3.05, 3.63) is 219 Å². The molecular weight excluding hydrogens is 885 g/mol. The molecule has 0 atom stereocenters. The zero-order valence-corrected chi connectivity index (χ0v) is 38.3. The van der Waals surface area contributed by atoms with Crippen molar-refractivity contribution in [2.24, 2.45) is 0 Å². The number of hydrogen-bond donors (Lipinski definition) is 0. The third-order valence-corrected chi connectivity index (χ3v) is 13.5. The highest BCUT2D eigenvalue weighted by Gasteiger charge is 2.22. The summed E-state index contributed by atoms with van der Waals surface area (Å²) in [5.41, 5.74) is 11.2. The maximum absolute atomic E-state index is 5.30. The molecule has 72 heavy (non-hydrogen) atoms. The SMILES string of the molecule is c1cncc(-c2ccc(-c3nc(-c4ccc(-c5cccnc5)cc4)nc(-c4ccc5ccc6c(-c7nc(-c8cccc9ncccc89)nc(-c8cccc9ncccc89)n7)ccc7ccc4c5c76)n3)cc2)c1. The fourth-order valence-electron chi connectivity index (χ4n) is 9.97. The van der Waals surface area contributed by atoms with E-state index >= 15 is 0 Å². The lowest BCUT2D eigenvalue weighted by atomic mass is 9.89. The fraction of sp³-hybridized carbons (Fsp3) is 0. The van der Waals surface area contributed by atoms with Crippen LogP contribution in [0.3, 0.4) is 0 Å². The third-order valence-electron chi connectivity index (χ3n) is 13.5. The number of fused-ring (bicyclic) bond motifs is 2. The number of rotatable bonds is 8. The minimum absolute atomic E-state index is 0.558. The molecule has 0 fully saturated rings. The minimum atomic E-state index is 0.558. The maximum Gasteiger partial charge on any atom is 0.164 e. The van der Waals surface area contributed by atoms with Gasteiger partial charge in [0.05, 0.1) is 11.0 Å². The number of hydrogen-bond acceptors (Lipinski definition) is 10. The third kappa shape index (κ3) is 7.04. The van der Waals surface area contributed by atoms with Crippen molar-refractivity contribution in [1.82, 2.24) is 49.8 Å². The maximum atomic E-state index is 5.30. The van der Waals surface area contributed by atoms with Gasteiger partial charge in [-0.15, -0.1) is 0 Å². The molecule has 0 radical (unpaired) electrons. The molecule has 10 heteroatoms. The largest absolute Gasteiger partial charge is 0.264 e. The molecule has 8 aromatic carbocycles. The minimum Gasteiger partial charge on any atom is -0.264 e. The quantitative estimate of drug-likeness (QED) is 0.136. The van der Waals surface area contributed by atoms with E-state index in [9.17, 15) is 0 Å². The van der Waals surface area contributed by atoms with Gasteiger partial charge in [-0.2, -0.15) is 0 Å². The van der Waals surface area contributed by atoms with E-state index in [1.807, 2.05) is 60.9 Å². The van der Waals surface area contributed by atoms with E-state index in [1.165, 1.54) is 0 Å². The fourth-order valence-corrected chi connectivity index (χ4v) is 9.97.